The Bertz CT molecular complexity index is 1230. The Kier molecular flexibility index (Phi) is 4.80. The van der Waals surface area contributed by atoms with Crippen molar-refractivity contribution in [2.24, 2.45) is 0 Å². The van der Waals surface area contributed by atoms with Gasteiger partial charge in [-0.3, -0.25) is 25.8 Å². The van der Waals surface area contributed by atoms with Gasteiger partial charge in [0.2, 0.25) is 11.7 Å². The van der Waals surface area contributed by atoms with E-state index in [0.717, 1.165) is 17.0 Å². The number of rotatable bonds is 5. The summed E-state index contributed by atoms with van der Waals surface area (Å²) in [5.74, 6) is -1.33. The van der Waals surface area contributed by atoms with Gasteiger partial charge in [-0.2, -0.15) is 0 Å². The maximum absolute atomic E-state index is 12.2. The third-order valence-electron chi connectivity index (χ3n) is 3.99. The van der Waals surface area contributed by atoms with Gasteiger partial charge in [0.15, 0.2) is 0 Å². The number of hydrogen-bond donors (Lipinski definition) is 2. The van der Waals surface area contributed by atoms with Crippen LogP contribution in [0.15, 0.2) is 65.1 Å². The number of hydrazine groups is 1. The molecule has 2 N–H and O–H groups in total. The molecule has 4 rings (SSSR count). The van der Waals surface area contributed by atoms with Gasteiger partial charge in [0.25, 0.3) is 0 Å². The summed E-state index contributed by atoms with van der Waals surface area (Å²) in [7, 11) is 0. The summed E-state index contributed by atoms with van der Waals surface area (Å²) in [6.45, 7) is 0. The van der Waals surface area contributed by atoms with E-state index in [4.69, 9.17) is 16.0 Å². The maximum atomic E-state index is 12.2. The molecule has 0 unspecified atom stereocenters. The van der Waals surface area contributed by atoms with Crippen LogP contribution in [-0.2, 0) is 0 Å². The standard InChI is InChI=1S/C19H12ClN5O4/c20-12-6-7-14-13(10-12)17(11-4-2-1-3-5-11)22-19(21-14)24-23-18(26)15-8-9-16(29-15)25(27)28/h1-10H,(H,23,26)(H,21,22,24). The van der Waals surface area contributed by atoms with E-state index >= 15 is 0 Å². The molecular weight excluding hydrogens is 398 g/mol. The van der Waals surface area contributed by atoms with E-state index in [-0.39, 0.29) is 11.7 Å². The molecule has 1 amide bonds. The number of hydrogen-bond acceptors (Lipinski definition) is 7. The van der Waals surface area contributed by atoms with Crippen molar-refractivity contribution in [3.05, 3.63) is 81.6 Å². The zero-order chi connectivity index (χ0) is 20.4. The number of carbonyl (C=O) groups excluding carboxylic acids is 1. The molecule has 0 aliphatic carbocycles. The number of nitrogens with one attached hydrogen (secondary N) is 2. The molecule has 2 aromatic carbocycles. The third kappa shape index (κ3) is 3.85. The highest BCUT2D eigenvalue weighted by Crippen LogP contribution is 2.29. The lowest BCUT2D eigenvalue weighted by Gasteiger charge is -2.11. The average molecular weight is 410 g/mol. The van der Waals surface area contributed by atoms with Crippen LogP contribution in [0.4, 0.5) is 11.8 Å². The molecule has 144 valence electrons. The fourth-order valence-electron chi connectivity index (χ4n) is 2.69. The Morgan fingerprint density at radius 1 is 1.07 bits per heavy atom. The molecule has 0 bridgehead atoms. The van der Waals surface area contributed by atoms with Gasteiger partial charge >= 0.3 is 11.8 Å². The van der Waals surface area contributed by atoms with Gasteiger partial charge in [0, 0.05) is 16.0 Å². The van der Waals surface area contributed by atoms with E-state index in [9.17, 15) is 14.9 Å². The number of benzene rings is 2. The van der Waals surface area contributed by atoms with Crippen molar-refractivity contribution < 1.29 is 14.1 Å². The van der Waals surface area contributed by atoms with E-state index in [1.54, 1.807) is 18.2 Å². The van der Waals surface area contributed by atoms with Crippen molar-refractivity contribution in [2.75, 3.05) is 5.43 Å². The molecule has 0 radical (unpaired) electrons. The fraction of sp³-hybridized carbons (Fsp3) is 0. The van der Waals surface area contributed by atoms with Crippen molar-refractivity contribution in [3.63, 3.8) is 0 Å². The van der Waals surface area contributed by atoms with Gasteiger partial charge < -0.3 is 4.42 Å². The predicted molar refractivity (Wildman–Crippen MR) is 106 cm³/mol. The van der Waals surface area contributed by atoms with Crippen LogP contribution in [0, 0.1) is 10.1 Å². The van der Waals surface area contributed by atoms with Gasteiger partial charge in [0.1, 0.15) is 4.92 Å². The molecule has 10 heteroatoms. The lowest BCUT2D eigenvalue weighted by Crippen LogP contribution is -2.30. The van der Waals surface area contributed by atoms with E-state index in [1.807, 2.05) is 30.3 Å². The normalized spacial score (nSPS) is 10.7. The minimum atomic E-state index is -0.728. The first kappa shape index (κ1) is 18.4. The summed E-state index contributed by atoms with van der Waals surface area (Å²) < 4.78 is 4.87. The Morgan fingerprint density at radius 3 is 2.59 bits per heavy atom. The van der Waals surface area contributed by atoms with Crippen molar-refractivity contribution in [3.8, 4) is 11.3 Å². The van der Waals surface area contributed by atoms with Crippen LogP contribution in [-0.4, -0.2) is 20.8 Å². The monoisotopic (exact) mass is 409 g/mol. The Labute approximate surface area is 168 Å². The number of amides is 1. The van der Waals surface area contributed by atoms with E-state index in [1.165, 1.54) is 6.07 Å². The number of anilines is 1. The van der Waals surface area contributed by atoms with Gasteiger partial charge in [-0.25, -0.2) is 9.97 Å². The summed E-state index contributed by atoms with van der Waals surface area (Å²) in [5, 5.41) is 12.0. The fourth-order valence-corrected chi connectivity index (χ4v) is 2.87. The van der Waals surface area contributed by atoms with Gasteiger partial charge in [0.05, 0.1) is 17.3 Å². The number of carbonyl (C=O) groups is 1. The molecule has 4 aromatic rings. The first-order chi connectivity index (χ1) is 14.0. The molecule has 29 heavy (non-hydrogen) atoms. The predicted octanol–water partition coefficient (Wildman–Crippen LogP) is 4.21. The van der Waals surface area contributed by atoms with E-state index < -0.39 is 16.7 Å². The van der Waals surface area contributed by atoms with E-state index in [0.29, 0.717) is 16.2 Å². The largest absolute Gasteiger partial charge is 0.433 e. The van der Waals surface area contributed by atoms with Crippen molar-refractivity contribution in [1.82, 2.24) is 15.4 Å². The van der Waals surface area contributed by atoms with Crippen LogP contribution in [0.25, 0.3) is 22.2 Å². The lowest BCUT2D eigenvalue weighted by atomic mass is 10.1. The van der Waals surface area contributed by atoms with Crippen molar-refractivity contribution in [2.45, 2.75) is 0 Å². The molecule has 0 saturated carbocycles. The molecular formula is C19H12ClN5O4. The summed E-state index contributed by atoms with van der Waals surface area (Å²) in [5.41, 5.74) is 7.07. The van der Waals surface area contributed by atoms with Gasteiger partial charge in [-0.05, 0) is 24.3 Å². The Morgan fingerprint density at radius 2 is 1.86 bits per heavy atom. The summed E-state index contributed by atoms with van der Waals surface area (Å²) in [6.07, 6.45) is 0. The molecule has 0 aliphatic rings. The van der Waals surface area contributed by atoms with Crippen molar-refractivity contribution in [1.29, 1.82) is 0 Å². The molecule has 0 saturated heterocycles. The second kappa shape index (κ2) is 7.56. The second-order valence-corrected chi connectivity index (χ2v) is 6.33. The quantitative estimate of drug-likeness (QED) is 0.373. The number of fused-ring (bicyclic) bond motifs is 1. The Balaban J connectivity index is 1.64. The number of halogens is 1. The third-order valence-corrected chi connectivity index (χ3v) is 4.22. The molecule has 0 atom stereocenters. The highest BCUT2D eigenvalue weighted by molar-refractivity contribution is 6.31. The zero-order valence-electron chi connectivity index (χ0n) is 14.6. The van der Waals surface area contributed by atoms with Crippen molar-refractivity contribution >= 4 is 40.2 Å². The molecule has 9 nitrogen and oxygen atoms in total. The molecule has 2 heterocycles. The number of aromatic nitrogens is 2. The Hall–Kier alpha value is -3.98. The highest BCUT2D eigenvalue weighted by Gasteiger charge is 2.18. The van der Waals surface area contributed by atoms with Gasteiger partial charge in [-0.15, -0.1) is 0 Å². The van der Waals surface area contributed by atoms with Crippen LogP contribution in [0.2, 0.25) is 5.02 Å². The summed E-state index contributed by atoms with van der Waals surface area (Å²) in [6, 6.07) is 17.0. The first-order valence-corrected chi connectivity index (χ1v) is 8.72. The number of furan rings is 1. The second-order valence-electron chi connectivity index (χ2n) is 5.90. The molecule has 0 aliphatic heterocycles. The summed E-state index contributed by atoms with van der Waals surface area (Å²) in [4.78, 5) is 30.9. The molecule has 0 fully saturated rings. The minimum Gasteiger partial charge on any atom is -0.395 e. The van der Waals surface area contributed by atoms with Crippen LogP contribution >= 0.6 is 11.6 Å². The van der Waals surface area contributed by atoms with Crippen LogP contribution in [0.5, 0.6) is 0 Å². The topological polar surface area (TPSA) is 123 Å². The first-order valence-electron chi connectivity index (χ1n) is 8.34. The zero-order valence-corrected chi connectivity index (χ0v) is 15.4. The summed E-state index contributed by atoms with van der Waals surface area (Å²) >= 11 is 6.13. The van der Waals surface area contributed by atoms with E-state index in [2.05, 4.69) is 20.8 Å². The molecule has 2 aromatic heterocycles. The van der Waals surface area contributed by atoms with Crippen LogP contribution < -0.4 is 10.9 Å². The minimum absolute atomic E-state index is 0.132. The molecule has 0 spiro atoms. The van der Waals surface area contributed by atoms with Crippen LogP contribution in [0.1, 0.15) is 10.6 Å². The average Bonchev–Trinajstić information content (AvgIpc) is 3.23. The number of nitro groups is 1. The smallest absolute Gasteiger partial charge is 0.395 e. The SMILES string of the molecule is O=C(NNc1nc(-c2ccccc2)c2cc(Cl)ccc2n1)c1ccc([N+](=O)[O-])o1. The van der Waals surface area contributed by atoms with Crippen LogP contribution in [0.3, 0.4) is 0 Å². The lowest BCUT2D eigenvalue weighted by molar-refractivity contribution is -0.402. The number of nitrogens with zero attached hydrogens (tertiary/aromatic N) is 3. The van der Waals surface area contributed by atoms with Gasteiger partial charge in [-0.1, -0.05) is 41.9 Å². The highest BCUT2D eigenvalue weighted by atomic mass is 35.5. The maximum Gasteiger partial charge on any atom is 0.433 e.